The second-order valence-corrected chi connectivity index (χ2v) is 6.83. The van der Waals surface area contributed by atoms with E-state index in [2.05, 4.69) is 13.8 Å². The van der Waals surface area contributed by atoms with Gasteiger partial charge >= 0.3 is 0 Å². The van der Waals surface area contributed by atoms with Gasteiger partial charge in [-0.1, -0.05) is 11.6 Å². The highest BCUT2D eigenvalue weighted by molar-refractivity contribution is 8.00. The second kappa shape index (κ2) is 6.72. The van der Waals surface area contributed by atoms with Crippen LogP contribution in [0.2, 0.25) is 5.02 Å². The van der Waals surface area contributed by atoms with Crippen molar-refractivity contribution >= 4 is 35.0 Å². The number of amides is 1. The Balaban J connectivity index is 1.99. The number of hydrogen-bond acceptors (Lipinski definition) is 3. The van der Waals surface area contributed by atoms with E-state index in [0.29, 0.717) is 28.5 Å². The number of nitrogens with zero attached hydrogens (tertiary/aromatic N) is 1. The number of nitrogen functional groups attached to an aromatic ring is 1. The van der Waals surface area contributed by atoms with Crippen molar-refractivity contribution in [2.45, 2.75) is 50.1 Å². The van der Waals surface area contributed by atoms with Crippen molar-refractivity contribution in [1.82, 2.24) is 4.90 Å². The van der Waals surface area contributed by atoms with Gasteiger partial charge in [-0.3, -0.25) is 4.79 Å². The molecule has 110 valence electrons. The molecule has 0 bridgehead atoms. The minimum atomic E-state index is 0.188. The molecule has 0 radical (unpaired) electrons. The molecule has 1 amide bonds. The Morgan fingerprint density at radius 2 is 2.05 bits per heavy atom. The van der Waals surface area contributed by atoms with E-state index in [1.165, 1.54) is 18.2 Å². The largest absolute Gasteiger partial charge is 0.399 e. The Morgan fingerprint density at radius 1 is 1.40 bits per heavy atom. The number of benzene rings is 1. The molecule has 2 rings (SSSR count). The lowest BCUT2D eigenvalue weighted by Crippen LogP contribution is -2.48. The summed E-state index contributed by atoms with van der Waals surface area (Å²) < 4.78 is 0. The van der Waals surface area contributed by atoms with Crippen molar-refractivity contribution in [3.63, 3.8) is 0 Å². The van der Waals surface area contributed by atoms with Crippen LogP contribution in [-0.4, -0.2) is 28.6 Å². The van der Waals surface area contributed by atoms with E-state index < -0.39 is 0 Å². The monoisotopic (exact) mass is 312 g/mol. The van der Waals surface area contributed by atoms with Crippen molar-refractivity contribution in [3.8, 4) is 0 Å². The van der Waals surface area contributed by atoms with Gasteiger partial charge in [0.05, 0.1) is 10.8 Å². The number of carbonyl (C=O) groups excluding carboxylic acids is 1. The van der Waals surface area contributed by atoms with Gasteiger partial charge in [-0.15, -0.1) is 11.8 Å². The zero-order valence-corrected chi connectivity index (χ0v) is 13.5. The number of hydrogen-bond donors (Lipinski definition) is 1. The SMILES string of the molecule is CC1CCCC(C)N1C(=O)CSc1cc(N)ccc1Cl. The van der Waals surface area contributed by atoms with Crippen LogP contribution in [-0.2, 0) is 4.79 Å². The molecule has 0 aromatic heterocycles. The zero-order valence-electron chi connectivity index (χ0n) is 11.9. The molecule has 0 spiro atoms. The molecule has 1 aromatic rings. The first-order chi connectivity index (χ1) is 9.49. The van der Waals surface area contributed by atoms with Crippen LogP contribution in [0.3, 0.4) is 0 Å². The molecule has 0 aliphatic carbocycles. The molecule has 1 aromatic carbocycles. The lowest BCUT2D eigenvalue weighted by atomic mass is 9.98. The fourth-order valence-corrected chi connectivity index (χ4v) is 3.89. The summed E-state index contributed by atoms with van der Waals surface area (Å²) in [6.07, 6.45) is 3.40. The van der Waals surface area contributed by atoms with Gasteiger partial charge < -0.3 is 10.6 Å². The van der Waals surface area contributed by atoms with Crippen molar-refractivity contribution in [3.05, 3.63) is 23.2 Å². The third-order valence-electron chi connectivity index (χ3n) is 3.79. The minimum Gasteiger partial charge on any atom is -0.399 e. The molecule has 1 fully saturated rings. The molecular formula is C15H21ClN2OS. The number of halogens is 1. The van der Waals surface area contributed by atoms with Crippen molar-refractivity contribution in [2.75, 3.05) is 11.5 Å². The van der Waals surface area contributed by atoms with E-state index in [-0.39, 0.29) is 5.91 Å². The van der Waals surface area contributed by atoms with Gasteiger partial charge in [-0.25, -0.2) is 0 Å². The number of anilines is 1. The van der Waals surface area contributed by atoms with E-state index in [1.807, 2.05) is 11.0 Å². The summed E-state index contributed by atoms with van der Waals surface area (Å²) in [4.78, 5) is 15.3. The van der Waals surface area contributed by atoms with Gasteiger partial charge in [-0.2, -0.15) is 0 Å². The number of piperidine rings is 1. The maximum absolute atomic E-state index is 12.4. The topological polar surface area (TPSA) is 46.3 Å². The molecule has 1 saturated heterocycles. The smallest absolute Gasteiger partial charge is 0.233 e. The van der Waals surface area contributed by atoms with Crippen molar-refractivity contribution < 1.29 is 4.79 Å². The first kappa shape index (κ1) is 15.5. The third-order valence-corrected chi connectivity index (χ3v) is 5.27. The first-order valence-electron chi connectivity index (χ1n) is 6.98. The van der Waals surface area contributed by atoms with Crippen LogP contribution in [0, 0.1) is 0 Å². The quantitative estimate of drug-likeness (QED) is 0.682. The van der Waals surface area contributed by atoms with Gasteiger partial charge in [0.2, 0.25) is 5.91 Å². The van der Waals surface area contributed by atoms with Crippen LogP contribution in [0.1, 0.15) is 33.1 Å². The van der Waals surface area contributed by atoms with E-state index in [9.17, 15) is 4.79 Å². The highest BCUT2D eigenvalue weighted by atomic mass is 35.5. The molecule has 5 heteroatoms. The minimum absolute atomic E-state index is 0.188. The van der Waals surface area contributed by atoms with Crippen molar-refractivity contribution in [2.24, 2.45) is 0 Å². The predicted octanol–water partition coefficient (Wildman–Crippen LogP) is 3.80. The van der Waals surface area contributed by atoms with Gasteiger partial charge in [0.25, 0.3) is 0 Å². The van der Waals surface area contributed by atoms with Crippen LogP contribution in [0.25, 0.3) is 0 Å². The lowest BCUT2D eigenvalue weighted by Gasteiger charge is -2.39. The Bertz CT molecular complexity index is 485. The van der Waals surface area contributed by atoms with Gasteiger partial charge in [0, 0.05) is 22.7 Å². The van der Waals surface area contributed by atoms with E-state index in [0.717, 1.165) is 17.7 Å². The summed E-state index contributed by atoms with van der Waals surface area (Å²) in [5.41, 5.74) is 6.42. The van der Waals surface area contributed by atoms with Crippen LogP contribution < -0.4 is 5.73 Å². The first-order valence-corrected chi connectivity index (χ1v) is 8.34. The molecule has 1 heterocycles. The molecular weight excluding hydrogens is 292 g/mol. The fraction of sp³-hybridized carbons (Fsp3) is 0.533. The molecule has 3 nitrogen and oxygen atoms in total. The van der Waals surface area contributed by atoms with Crippen LogP contribution in [0.15, 0.2) is 23.1 Å². The summed E-state index contributed by atoms with van der Waals surface area (Å²) in [5, 5.41) is 0.650. The second-order valence-electron chi connectivity index (χ2n) is 5.41. The summed E-state index contributed by atoms with van der Waals surface area (Å²) in [7, 11) is 0. The van der Waals surface area contributed by atoms with Crippen LogP contribution in [0.5, 0.6) is 0 Å². The lowest BCUT2D eigenvalue weighted by molar-refractivity contribution is -0.134. The molecule has 2 atom stereocenters. The summed E-state index contributed by atoms with van der Waals surface area (Å²) >= 11 is 7.59. The average Bonchev–Trinajstić information content (AvgIpc) is 2.39. The van der Waals surface area contributed by atoms with E-state index in [4.69, 9.17) is 17.3 Å². The molecule has 1 aliphatic rings. The Hall–Kier alpha value is -0.870. The Morgan fingerprint density at radius 3 is 2.70 bits per heavy atom. The average molecular weight is 313 g/mol. The normalized spacial score (nSPS) is 22.9. The van der Waals surface area contributed by atoms with E-state index in [1.54, 1.807) is 12.1 Å². The molecule has 2 N–H and O–H groups in total. The fourth-order valence-electron chi connectivity index (χ4n) is 2.76. The standard InChI is InChI=1S/C15H21ClN2OS/c1-10-4-3-5-11(2)18(10)15(19)9-20-14-8-12(17)6-7-13(14)16/h6-8,10-11H,3-5,9,17H2,1-2H3. The van der Waals surface area contributed by atoms with E-state index >= 15 is 0 Å². The number of carbonyl (C=O) groups is 1. The molecule has 2 unspecified atom stereocenters. The number of rotatable bonds is 3. The number of likely N-dealkylation sites (tertiary alicyclic amines) is 1. The summed E-state index contributed by atoms with van der Waals surface area (Å²) in [5.74, 6) is 0.603. The molecule has 20 heavy (non-hydrogen) atoms. The summed E-state index contributed by atoms with van der Waals surface area (Å²) in [6, 6.07) is 6.04. The predicted molar refractivity (Wildman–Crippen MR) is 86.2 cm³/mol. The third kappa shape index (κ3) is 3.61. The highest BCUT2D eigenvalue weighted by Crippen LogP contribution is 2.30. The Kier molecular flexibility index (Phi) is 5.22. The molecule has 1 aliphatic heterocycles. The van der Waals surface area contributed by atoms with Gasteiger partial charge in [0.1, 0.15) is 0 Å². The van der Waals surface area contributed by atoms with Crippen molar-refractivity contribution in [1.29, 1.82) is 0 Å². The number of nitrogens with two attached hydrogens (primary N) is 1. The molecule has 0 saturated carbocycles. The highest BCUT2D eigenvalue weighted by Gasteiger charge is 2.28. The summed E-state index contributed by atoms with van der Waals surface area (Å²) in [6.45, 7) is 4.26. The Labute approximate surface area is 129 Å². The number of thioether (sulfide) groups is 1. The maximum atomic E-state index is 12.4. The van der Waals surface area contributed by atoms with Crippen LogP contribution in [0.4, 0.5) is 5.69 Å². The maximum Gasteiger partial charge on any atom is 0.233 e. The van der Waals surface area contributed by atoms with Gasteiger partial charge in [-0.05, 0) is 51.3 Å². The zero-order chi connectivity index (χ0) is 14.7. The van der Waals surface area contributed by atoms with Gasteiger partial charge in [0.15, 0.2) is 0 Å². The van der Waals surface area contributed by atoms with Crippen LogP contribution >= 0.6 is 23.4 Å².